The Balaban J connectivity index is 1.78. The van der Waals surface area contributed by atoms with Crippen LogP contribution >= 0.6 is 0 Å². The van der Waals surface area contributed by atoms with Crippen molar-refractivity contribution in [1.29, 1.82) is 0 Å². The Morgan fingerprint density at radius 2 is 1.63 bits per heavy atom. The number of aliphatic hydroxyl groups is 3. The summed E-state index contributed by atoms with van der Waals surface area (Å²) in [7, 11) is -0.595. The molecule has 0 saturated heterocycles. The third-order valence-corrected chi connectivity index (χ3v) is 8.45. The van der Waals surface area contributed by atoms with Crippen molar-refractivity contribution in [1.82, 2.24) is 14.8 Å². The van der Waals surface area contributed by atoms with E-state index < -0.39 is 39.2 Å². The highest BCUT2D eigenvalue weighted by Gasteiger charge is 2.50. The third kappa shape index (κ3) is 6.55. The van der Waals surface area contributed by atoms with E-state index in [1.165, 1.54) is 60.4 Å². The molecule has 0 bridgehead atoms. The van der Waals surface area contributed by atoms with Crippen LogP contribution in [0.1, 0.15) is 30.7 Å². The lowest BCUT2D eigenvalue weighted by Gasteiger charge is -2.40. The van der Waals surface area contributed by atoms with Crippen molar-refractivity contribution in [3.05, 3.63) is 101 Å². The lowest BCUT2D eigenvalue weighted by Crippen LogP contribution is -2.59. The summed E-state index contributed by atoms with van der Waals surface area (Å²) in [5.74, 6) is -1.69. The number of amides is 1. The Kier molecular flexibility index (Phi) is 8.49. The van der Waals surface area contributed by atoms with Crippen LogP contribution in [0.25, 0.3) is 11.1 Å². The zero-order chi connectivity index (χ0) is 30.2. The van der Waals surface area contributed by atoms with Gasteiger partial charge in [0, 0.05) is 18.1 Å². The minimum absolute atomic E-state index is 0.0799. The van der Waals surface area contributed by atoms with E-state index in [-0.39, 0.29) is 23.7 Å². The van der Waals surface area contributed by atoms with Gasteiger partial charge in [-0.05, 0) is 80.5 Å². The fourth-order valence-corrected chi connectivity index (χ4v) is 6.03. The standard InChI is InChI=1S/C30H34FN3O6S/c1-29(2,37)26-17-20(13-15-32-26)18-34(25-14-16-41(39,40)19-25)28(36)30(38,27(35)33(3)4)23-9-5-21(6-10-23)22-7-11-24(31)12-8-22/h5-17,25,27,35,37-38H,18-19H2,1-4H3/t25-,27?,30+/m0/s1. The molecule has 1 aliphatic heterocycles. The van der Waals surface area contributed by atoms with Crippen LogP contribution in [0.5, 0.6) is 0 Å². The zero-order valence-corrected chi connectivity index (χ0v) is 24.1. The summed E-state index contributed by atoms with van der Waals surface area (Å²) in [5, 5.41) is 34.7. The molecule has 1 aliphatic rings. The summed E-state index contributed by atoms with van der Waals surface area (Å²) < 4.78 is 38.1. The number of hydrogen-bond acceptors (Lipinski definition) is 8. The second kappa shape index (κ2) is 11.4. The van der Waals surface area contributed by atoms with Crippen molar-refractivity contribution >= 4 is 15.7 Å². The predicted octanol–water partition coefficient (Wildman–Crippen LogP) is 2.52. The van der Waals surface area contributed by atoms with Crippen LogP contribution < -0.4 is 0 Å². The minimum atomic E-state index is -3.59. The van der Waals surface area contributed by atoms with E-state index >= 15 is 0 Å². The van der Waals surface area contributed by atoms with E-state index in [1.54, 1.807) is 50.2 Å². The number of aliphatic hydroxyl groups excluding tert-OH is 1. The van der Waals surface area contributed by atoms with Crippen LogP contribution in [0.3, 0.4) is 0 Å². The van der Waals surface area contributed by atoms with Gasteiger partial charge in [0.1, 0.15) is 17.6 Å². The van der Waals surface area contributed by atoms with Gasteiger partial charge in [0.15, 0.2) is 9.84 Å². The van der Waals surface area contributed by atoms with Crippen molar-refractivity contribution in [2.75, 3.05) is 19.8 Å². The van der Waals surface area contributed by atoms with Gasteiger partial charge in [0.25, 0.3) is 5.91 Å². The van der Waals surface area contributed by atoms with Crippen LogP contribution in [0.15, 0.2) is 78.3 Å². The molecule has 1 amide bonds. The highest BCUT2D eigenvalue weighted by molar-refractivity contribution is 7.94. The Bertz CT molecular complexity index is 1540. The average Bonchev–Trinajstić information content (AvgIpc) is 3.29. The number of likely N-dealkylation sites (N-methyl/N-ethyl adjacent to an activating group) is 1. The number of nitrogens with zero attached hydrogens (tertiary/aromatic N) is 3. The average molecular weight is 584 g/mol. The largest absolute Gasteiger partial charge is 0.384 e. The quantitative estimate of drug-likeness (QED) is 0.328. The molecule has 0 radical (unpaired) electrons. The van der Waals surface area contributed by atoms with Crippen LogP contribution in [-0.2, 0) is 32.4 Å². The maximum Gasteiger partial charge on any atom is 0.264 e. The third-order valence-electron chi connectivity index (χ3n) is 7.07. The summed E-state index contributed by atoms with van der Waals surface area (Å²) in [6.07, 6.45) is 1.15. The van der Waals surface area contributed by atoms with Crippen molar-refractivity contribution in [3.8, 4) is 11.1 Å². The number of halogens is 1. The number of hydrogen-bond donors (Lipinski definition) is 3. The fourth-order valence-electron chi connectivity index (χ4n) is 4.73. The number of rotatable bonds is 9. The molecule has 3 N–H and O–H groups in total. The number of pyridine rings is 1. The van der Waals surface area contributed by atoms with Crippen molar-refractivity contribution in [2.45, 2.75) is 43.9 Å². The molecule has 1 aromatic heterocycles. The molecule has 1 unspecified atom stereocenters. The number of carbonyl (C=O) groups excluding carboxylic acids is 1. The van der Waals surface area contributed by atoms with Gasteiger partial charge in [-0.2, -0.15) is 0 Å². The molecule has 218 valence electrons. The van der Waals surface area contributed by atoms with Gasteiger partial charge in [-0.25, -0.2) is 12.8 Å². The van der Waals surface area contributed by atoms with Gasteiger partial charge in [-0.15, -0.1) is 0 Å². The Morgan fingerprint density at radius 3 is 2.15 bits per heavy atom. The molecular formula is C30H34FN3O6S. The van der Waals surface area contributed by atoms with Crippen LogP contribution in [0.2, 0.25) is 0 Å². The second-order valence-electron chi connectivity index (χ2n) is 11.0. The van der Waals surface area contributed by atoms with Crippen LogP contribution in [0, 0.1) is 5.82 Å². The van der Waals surface area contributed by atoms with Gasteiger partial charge in [0.05, 0.1) is 17.5 Å². The topological polar surface area (TPSA) is 131 Å². The second-order valence-corrected chi connectivity index (χ2v) is 12.9. The van der Waals surface area contributed by atoms with E-state index in [1.807, 2.05) is 0 Å². The number of carbonyl (C=O) groups is 1. The first-order valence-corrected chi connectivity index (χ1v) is 14.7. The Labute approximate surface area is 239 Å². The molecule has 0 aliphatic carbocycles. The summed E-state index contributed by atoms with van der Waals surface area (Å²) in [6, 6.07) is 14.4. The molecule has 2 aromatic carbocycles. The van der Waals surface area contributed by atoms with Crippen molar-refractivity contribution in [2.24, 2.45) is 0 Å². The monoisotopic (exact) mass is 583 g/mol. The van der Waals surface area contributed by atoms with E-state index in [0.717, 1.165) is 5.41 Å². The molecule has 0 spiro atoms. The predicted molar refractivity (Wildman–Crippen MR) is 152 cm³/mol. The summed E-state index contributed by atoms with van der Waals surface area (Å²) in [5.41, 5.74) is -1.40. The smallest absolute Gasteiger partial charge is 0.264 e. The fraction of sp³-hybridized carbons (Fsp3) is 0.333. The molecule has 2 heterocycles. The normalized spacial score (nSPS) is 18.7. The molecule has 3 atom stereocenters. The number of aromatic nitrogens is 1. The van der Waals surface area contributed by atoms with Gasteiger partial charge in [-0.3, -0.25) is 14.7 Å². The summed E-state index contributed by atoms with van der Waals surface area (Å²) in [4.78, 5) is 21.0. The molecule has 41 heavy (non-hydrogen) atoms. The first kappa shape index (κ1) is 30.5. The van der Waals surface area contributed by atoms with E-state index in [9.17, 15) is 32.9 Å². The van der Waals surface area contributed by atoms with E-state index in [2.05, 4.69) is 4.98 Å². The van der Waals surface area contributed by atoms with Crippen molar-refractivity contribution < 1.29 is 32.9 Å². The lowest BCUT2D eigenvalue weighted by atomic mass is 9.87. The molecule has 3 aromatic rings. The highest BCUT2D eigenvalue weighted by atomic mass is 32.2. The van der Waals surface area contributed by atoms with Gasteiger partial charge in [0.2, 0.25) is 5.60 Å². The molecule has 4 rings (SSSR count). The first-order valence-electron chi connectivity index (χ1n) is 12.9. The maximum atomic E-state index is 14.3. The summed E-state index contributed by atoms with van der Waals surface area (Å²) >= 11 is 0. The van der Waals surface area contributed by atoms with Crippen LogP contribution in [-0.4, -0.2) is 76.5 Å². The minimum Gasteiger partial charge on any atom is -0.384 e. The molecule has 11 heteroatoms. The highest BCUT2D eigenvalue weighted by Crippen LogP contribution is 2.34. The SMILES string of the molecule is CN(C)C(O)[C@@](O)(C(=O)N(Cc1ccnc(C(C)(C)O)c1)[C@H]1C=CS(=O)(=O)C1)c1ccc(-c2ccc(F)cc2)cc1. The lowest BCUT2D eigenvalue weighted by molar-refractivity contribution is -0.184. The zero-order valence-electron chi connectivity index (χ0n) is 23.3. The molecule has 9 nitrogen and oxygen atoms in total. The van der Waals surface area contributed by atoms with Gasteiger partial charge < -0.3 is 20.2 Å². The maximum absolute atomic E-state index is 14.3. The Hall–Kier alpha value is -3.48. The van der Waals surface area contributed by atoms with E-state index in [0.29, 0.717) is 22.4 Å². The van der Waals surface area contributed by atoms with Gasteiger partial charge in [-0.1, -0.05) is 36.4 Å². The van der Waals surface area contributed by atoms with Crippen LogP contribution in [0.4, 0.5) is 4.39 Å². The molecule has 0 fully saturated rings. The molecule has 0 saturated carbocycles. The van der Waals surface area contributed by atoms with Gasteiger partial charge >= 0.3 is 0 Å². The first-order chi connectivity index (χ1) is 19.1. The van der Waals surface area contributed by atoms with E-state index in [4.69, 9.17) is 0 Å². The number of sulfone groups is 1. The summed E-state index contributed by atoms with van der Waals surface area (Å²) in [6.45, 7) is 3.00. The molecular weight excluding hydrogens is 549 g/mol. The number of benzene rings is 2. The van der Waals surface area contributed by atoms with Crippen molar-refractivity contribution in [3.63, 3.8) is 0 Å². The Morgan fingerprint density at radius 1 is 1.05 bits per heavy atom.